The second-order valence-corrected chi connectivity index (χ2v) is 2.70. The third-order valence-electron chi connectivity index (χ3n) is 1.68. The molecule has 4 heteroatoms. The van der Waals surface area contributed by atoms with E-state index < -0.39 is 5.97 Å². The molecule has 0 radical (unpaired) electrons. The van der Waals surface area contributed by atoms with Gasteiger partial charge in [0.05, 0.1) is 13.7 Å². The van der Waals surface area contributed by atoms with Crippen molar-refractivity contribution in [1.29, 1.82) is 0 Å². The number of carboxylic acids is 1. The second-order valence-electron chi connectivity index (χ2n) is 2.70. The fourth-order valence-electron chi connectivity index (χ4n) is 1.07. The van der Waals surface area contributed by atoms with Crippen LogP contribution in [0.25, 0.3) is 0 Å². The molecule has 0 spiro atoms. The van der Waals surface area contributed by atoms with Crippen LogP contribution in [0.2, 0.25) is 0 Å². The van der Waals surface area contributed by atoms with Gasteiger partial charge in [0, 0.05) is 5.56 Å². The van der Waals surface area contributed by atoms with Gasteiger partial charge in [-0.05, 0) is 6.07 Å². The molecule has 0 fully saturated rings. The number of carbonyl (C=O) groups is 1. The molecule has 1 rings (SSSR count). The quantitative estimate of drug-likeness (QED) is 0.771. The average Bonchev–Trinajstić information content (AvgIpc) is 2.18. The largest absolute Gasteiger partial charge is 0.496 e. The molecule has 0 heterocycles. The van der Waals surface area contributed by atoms with Crippen molar-refractivity contribution in [2.75, 3.05) is 13.7 Å². The van der Waals surface area contributed by atoms with E-state index in [1.165, 1.54) is 0 Å². The van der Waals surface area contributed by atoms with Crippen LogP contribution in [0.5, 0.6) is 5.75 Å². The molecule has 14 heavy (non-hydrogen) atoms. The lowest BCUT2D eigenvalue weighted by Gasteiger charge is -2.07. The lowest BCUT2D eigenvalue weighted by atomic mass is 10.2. The predicted octanol–water partition coefficient (Wildman–Crippen LogP) is 1.30. The summed E-state index contributed by atoms with van der Waals surface area (Å²) < 4.78 is 10.0. The number of benzene rings is 1. The van der Waals surface area contributed by atoms with Crippen molar-refractivity contribution >= 4 is 5.97 Å². The smallest absolute Gasteiger partial charge is 0.329 e. The molecule has 0 saturated heterocycles. The highest BCUT2D eigenvalue weighted by Gasteiger charge is 2.02. The molecule has 1 aromatic carbocycles. The molecule has 76 valence electrons. The fourth-order valence-corrected chi connectivity index (χ4v) is 1.07. The number of methoxy groups -OCH3 is 1. The van der Waals surface area contributed by atoms with Crippen LogP contribution in [0.3, 0.4) is 0 Å². The molecule has 1 N–H and O–H groups in total. The third kappa shape index (κ3) is 3.06. The Kier molecular flexibility index (Phi) is 3.94. The third-order valence-corrected chi connectivity index (χ3v) is 1.68. The first-order valence-electron chi connectivity index (χ1n) is 4.15. The molecule has 1 aromatic rings. The van der Waals surface area contributed by atoms with Gasteiger partial charge in [0.25, 0.3) is 0 Å². The van der Waals surface area contributed by atoms with E-state index in [0.29, 0.717) is 5.75 Å². The standard InChI is InChI=1S/C10H12O4/c1-13-9-5-3-2-4-8(9)6-14-7-10(11)12/h2-5H,6-7H2,1H3,(H,11,12). The van der Waals surface area contributed by atoms with Gasteiger partial charge in [-0.15, -0.1) is 0 Å². The summed E-state index contributed by atoms with van der Waals surface area (Å²) in [6.07, 6.45) is 0. The van der Waals surface area contributed by atoms with Crippen molar-refractivity contribution in [3.63, 3.8) is 0 Å². The lowest BCUT2D eigenvalue weighted by Crippen LogP contribution is -2.07. The molecule has 0 aliphatic rings. The Balaban J connectivity index is 2.53. The zero-order chi connectivity index (χ0) is 10.4. The van der Waals surface area contributed by atoms with E-state index in [1.54, 1.807) is 13.2 Å². The molecular weight excluding hydrogens is 184 g/mol. The van der Waals surface area contributed by atoms with E-state index in [0.717, 1.165) is 5.56 Å². The Hall–Kier alpha value is -1.55. The molecule has 0 aliphatic heterocycles. The predicted molar refractivity (Wildman–Crippen MR) is 50.3 cm³/mol. The first kappa shape index (κ1) is 10.5. The van der Waals surface area contributed by atoms with E-state index in [2.05, 4.69) is 0 Å². The SMILES string of the molecule is COc1ccccc1COCC(=O)O. The highest BCUT2D eigenvalue weighted by molar-refractivity contribution is 5.68. The van der Waals surface area contributed by atoms with Gasteiger partial charge >= 0.3 is 5.97 Å². The maximum Gasteiger partial charge on any atom is 0.329 e. The molecule has 0 aliphatic carbocycles. The first-order chi connectivity index (χ1) is 6.74. The Morgan fingerprint density at radius 2 is 2.14 bits per heavy atom. The average molecular weight is 196 g/mol. The van der Waals surface area contributed by atoms with Gasteiger partial charge in [0.15, 0.2) is 0 Å². The van der Waals surface area contributed by atoms with Gasteiger partial charge in [-0.3, -0.25) is 0 Å². The van der Waals surface area contributed by atoms with Crippen LogP contribution in [0.1, 0.15) is 5.56 Å². The number of rotatable bonds is 5. The monoisotopic (exact) mass is 196 g/mol. The molecule has 4 nitrogen and oxygen atoms in total. The Morgan fingerprint density at radius 1 is 1.43 bits per heavy atom. The summed E-state index contributed by atoms with van der Waals surface area (Å²) in [7, 11) is 1.57. The van der Waals surface area contributed by atoms with E-state index in [-0.39, 0.29) is 13.2 Å². The minimum atomic E-state index is -0.972. The topological polar surface area (TPSA) is 55.8 Å². The van der Waals surface area contributed by atoms with Gasteiger partial charge < -0.3 is 14.6 Å². The van der Waals surface area contributed by atoms with Gasteiger partial charge in [-0.1, -0.05) is 18.2 Å². The summed E-state index contributed by atoms with van der Waals surface area (Å²) in [6, 6.07) is 7.33. The van der Waals surface area contributed by atoms with E-state index >= 15 is 0 Å². The van der Waals surface area contributed by atoms with Gasteiger partial charge in [-0.25, -0.2) is 4.79 Å². The zero-order valence-corrected chi connectivity index (χ0v) is 7.90. The van der Waals surface area contributed by atoms with E-state index in [4.69, 9.17) is 14.6 Å². The zero-order valence-electron chi connectivity index (χ0n) is 7.90. The van der Waals surface area contributed by atoms with Crippen LogP contribution in [0.15, 0.2) is 24.3 Å². The van der Waals surface area contributed by atoms with Gasteiger partial charge in [-0.2, -0.15) is 0 Å². The number of hydrogen-bond donors (Lipinski definition) is 1. The molecular formula is C10H12O4. The maximum atomic E-state index is 10.2. The number of ether oxygens (including phenoxy) is 2. The van der Waals surface area contributed by atoms with Crippen molar-refractivity contribution in [2.24, 2.45) is 0 Å². The van der Waals surface area contributed by atoms with Crippen LogP contribution in [0.4, 0.5) is 0 Å². The van der Waals surface area contributed by atoms with Crippen LogP contribution >= 0.6 is 0 Å². The minimum Gasteiger partial charge on any atom is -0.496 e. The first-order valence-corrected chi connectivity index (χ1v) is 4.15. The summed E-state index contributed by atoms with van der Waals surface area (Å²) in [5, 5.41) is 8.36. The van der Waals surface area contributed by atoms with Crippen molar-refractivity contribution < 1.29 is 19.4 Å². The van der Waals surface area contributed by atoms with Crippen molar-refractivity contribution in [1.82, 2.24) is 0 Å². The number of aliphatic carboxylic acids is 1. The van der Waals surface area contributed by atoms with Crippen molar-refractivity contribution in [2.45, 2.75) is 6.61 Å². The number of para-hydroxylation sites is 1. The molecule has 0 bridgehead atoms. The summed E-state index contributed by atoms with van der Waals surface area (Å²) in [4.78, 5) is 10.2. The molecule has 0 amide bonds. The summed E-state index contributed by atoms with van der Waals surface area (Å²) >= 11 is 0. The molecule has 0 saturated carbocycles. The molecule has 0 aromatic heterocycles. The van der Waals surface area contributed by atoms with Gasteiger partial charge in [0.1, 0.15) is 12.4 Å². The van der Waals surface area contributed by atoms with Crippen LogP contribution < -0.4 is 4.74 Å². The van der Waals surface area contributed by atoms with Crippen LogP contribution in [-0.2, 0) is 16.1 Å². The second kappa shape index (κ2) is 5.24. The van der Waals surface area contributed by atoms with Crippen LogP contribution in [-0.4, -0.2) is 24.8 Å². The van der Waals surface area contributed by atoms with Crippen LogP contribution in [0, 0.1) is 0 Å². The Labute approximate surface area is 82.1 Å². The fraction of sp³-hybridized carbons (Fsp3) is 0.300. The Morgan fingerprint density at radius 3 is 2.79 bits per heavy atom. The van der Waals surface area contributed by atoms with Crippen molar-refractivity contribution in [3.8, 4) is 5.75 Å². The summed E-state index contributed by atoms with van der Waals surface area (Å²) in [6.45, 7) is -0.0473. The molecule has 0 atom stereocenters. The number of hydrogen-bond acceptors (Lipinski definition) is 3. The summed E-state index contributed by atoms with van der Waals surface area (Å²) in [5.74, 6) is -0.266. The van der Waals surface area contributed by atoms with Gasteiger partial charge in [0.2, 0.25) is 0 Å². The normalized spacial score (nSPS) is 9.79. The Bertz CT molecular complexity index is 309. The van der Waals surface area contributed by atoms with E-state index in [1.807, 2.05) is 18.2 Å². The maximum absolute atomic E-state index is 10.2. The minimum absolute atomic E-state index is 0.246. The highest BCUT2D eigenvalue weighted by Crippen LogP contribution is 2.17. The van der Waals surface area contributed by atoms with E-state index in [9.17, 15) is 4.79 Å². The van der Waals surface area contributed by atoms with Crippen molar-refractivity contribution in [3.05, 3.63) is 29.8 Å². The molecule has 0 unspecified atom stereocenters. The lowest BCUT2D eigenvalue weighted by molar-refractivity contribution is -0.142. The summed E-state index contributed by atoms with van der Waals surface area (Å²) in [5.41, 5.74) is 0.844. The number of carboxylic acid groups (broad SMARTS) is 1. The highest BCUT2D eigenvalue weighted by atomic mass is 16.5.